The van der Waals surface area contributed by atoms with E-state index >= 15 is 0 Å². The topological polar surface area (TPSA) is 47.6 Å². The zero-order valence-electron chi connectivity index (χ0n) is 9.48. The summed E-state index contributed by atoms with van der Waals surface area (Å²) in [6.07, 6.45) is -5.85. The van der Waals surface area contributed by atoms with E-state index in [0.29, 0.717) is 4.47 Å². The Kier molecular flexibility index (Phi) is 5.30. The molecule has 106 valence electrons. The summed E-state index contributed by atoms with van der Waals surface area (Å²) in [7, 11) is 1.33. The molecule has 1 amide bonds. The van der Waals surface area contributed by atoms with Gasteiger partial charge in [0.2, 0.25) is 0 Å². The highest BCUT2D eigenvalue weighted by Crippen LogP contribution is 2.36. The van der Waals surface area contributed by atoms with Crippen molar-refractivity contribution < 1.29 is 27.4 Å². The van der Waals surface area contributed by atoms with Crippen molar-refractivity contribution in [3.05, 3.63) is 21.6 Å². The molecule has 0 aliphatic heterocycles. The van der Waals surface area contributed by atoms with Gasteiger partial charge in [-0.1, -0.05) is 11.6 Å². The van der Waals surface area contributed by atoms with Crippen molar-refractivity contribution in [1.29, 1.82) is 0 Å². The lowest BCUT2D eigenvalue weighted by atomic mass is 10.3. The van der Waals surface area contributed by atoms with Gasteiger partial charge < -0.3 is 9.47 Å². The molecule has 0 radical (unpaired) electrons. The van der Waals surface area contributed by atoms with Crippen LogP contribution >= 0.6 is 27.5 Å². The zero-order valence-corrected chi connectivity index (χ0v) is 11.8. The third-order valence-corrected chi connectivity index (χ3v) is 2.62. The normalized spacial score (nSPS) is 11.1. The summed E-state index contributed by atoms with van der Waals surface area (Å²) in [5.41, 5.74) is 0.0917. The van der Waals surface area contributed by atoms with Gasteiger partial charge in [-0.2, -0.15) is 13.2 Å². The number of rotatable bonds is 3. The van der Waals surface area contributed by atoms with E-state index < -0.39 is 18.9 Å². The molecule has 1 aromatic carbocycles. The van der Waals surface area contributed by atoms with Gasteiger partial charge in [0.15, 0.2) is 12.4 Å². The third-order valence-electron chi connectivity index (χ3n) is 1.82. The highest BCUT2D eigenvalue weighted by Gasteiger charge is 2.29. The Morgan fingerprint density at radius 3 is 2.63 bits per heavy atom. The number of alkyl halides is 3. The van der Waals surface area contributed by atoms with Crippen LogP contribution in [0.1, 0.15) is 0 Å². The van der Waals surface area contributed by atoms with Crippen LogP contribution in [0.5, 0.6) is 5.75 Å². The van der Waals surface area contributed by atoms with Crippen molar-refractivity contribution in [3.8, 4) is 5.75 Å². The van der Waals surface area contributed by atoms with E-state index in [-0.39, 0.29) is 16.5 Å². The second-order valence-electron chi connectivity index (χ2n) is 3.28. The van der Waals surface area contributed by atoms with E-state index in [4.69, 9.17) is 16.3 Å². The van der Waals surface area contributed by atoms with Crippen molar-refractivity contribution in [1.82, 2.24) is 0 Å². The summed E-state index contributed by atoms with van der Waals surface area (Å²) < 4.78 is 45.0. The number of benzene rings is 1. The first kappa shape index (κ1) is 15.9. The predicted molar refractivity (Wildman–Crippen MR) is 66.7 cm³/mol. The lowest BCUT2D eigenvalue weighted by Crippen LogP contribution is -2.23. The number of amides is 1. The van der Waals surface area contributed by atoms with Gasteiger partial charge in [0, 0.05) is 5.02 Å². The molecule has 1 N–H and O–H groups in total. The summed E-state index contributed by atoms with van der Waals surface area (Å²) >= 11 is 8.89. The van der Waals surface area contributed by atoms with Gasteiger partial charge in [-0.3, -0.25) is 5.32 Å². The summed E-state index contributed by atoms with van der Waals surface area (Å²) in [4.78, 5) is 11.2. The Labute approximate surface area is 119 Å². The van der Waals surface area contributed by atoms with Crippen molar-refractivity contribution >= 4 is 39.3 Å². The maximum absolute atomic E-state index is 11.9. The van der Waals surface area contributed by atoms with Gasteiger partial charge in [-0.15, -0.1) is 0 Å². The van der Waals surface area contributed by atoms with Gasteiger partial charge in [0.25, 0.3) is 0 Å². The van der Waals surface area contributed by atoms with Crippen molar-refractivity contribution in [3.63, 3.8) is 0 Å². The molecule has 0 aliphatic carbocycles. The Morgan fingerprint density at radius 2 is 2.11 bits per heavy atom. The Balaban J connectivity index is 2.79. The maximum Gasteiger partial charge on any atom is 0.422 e. The molecule has 4 nitrogen and oxygen atoms in total. The molecule has 9 heteroatoms. The number of hydrogen-bond acceptors (Lipinski definition) is 3. The number of hydrogen-bond donors (Lipinski definition) is 1. The number of nitrogens with one attached hydrogen (secondary N) is 1. The molecule has 0 bridgehead atoms. The van der Waals surface area contributed by atoms with Gasteiger partial charge in [0.05, 0.1) is 17.3 Å². The van der Waals surface area contributed by atoms with Crippen LogP contribution in [-0.4, -0.2) is 26.0 Å². The minimum Gasteiger partial charge on any atom is -0.493 e. The average molecular weight is 363 g/mol. The van der Waals surface area contributed by atoms with Gasteiger partial charge in [-0.25, -0.2) is 4.79 Å². The molecule has 0 saturated heterocycles. The fraction of sp³-hybridized carbons (Fsp3) is 0.300. The van der Waals surface area contributed by atoms with Crippen molar-refractivity contribution in [2.45, 2.75) is 6.18 Å². The van der Waals surface area contributed by atoms with Crippen LogP contribution in [0.3, 0.4) is 0 Å². The number of carbonyl (C=O) groups is 1. The first-order valence-corrected chi connectivity index (χ1v) is 5.93. The third kappa shape index (κ3) is 5.15. The molecule has 1 aromatic rings. The number of ether oxygens (including phenoxy) is 2. The SMILES string of the molecule is COc1c(Br)cc(Cl)cc1NC(=O)OCC(F)(F)F. The van der Waals surface area contributed by atoms with Gasteiger partial charge in [0.1, 0.15) is 0 Å². The molecule has 0 unspecified atom stereocenters. The van der Waals surface area contributed by atoms with E-state index in [0.717, 1.165) is 0 Å². The van der Waals surface area contributed by atoms with Crippen molar-refractivity contribution in [2.75, 3.05) is 19.0 Å². The first-order chi connectivity index (χ1) is 8.73. The quantitative estimate of drug-likeness (QED) is 0.876. The van der Waals surface area contributed by atoms with E-state index in [2.05, 4.69) is 26.0 Å². The van der Waals surface area contributed by atoms with Crippen LogP contribution in [0.25, 0.3) is 0 Å². The number of anilines is 1. The maximum atomic E-state index is 11.9. The monoisotopic (exact) mass is 361 g/mol. The predicted octanol–water partition coefficient (Wildman–Crippen LogP) is 4.22. The molecule has 0 spiro atoms. The summed E-state index contributed by atoms with van der Waals surface area (Å²) in [6, 6.07) is 2.83. The van der Waals surface area contributed by atoms with Crippen LogP contribution in [-0.2, 0) is 4.74 Å². The molecule has 0 aliphatic rings. The van der Waals surface area contributed by atoms with E-state index in [1.165, 1.54) is 19.2 Å². The minimum absolute atomic E-state index is 0.0917. The van der Waals surface area contributed by atoms with Gasteiger partial charge in [-0.05, 0) is 28.1 Å². The summed E-state index contributed by atoms with van der Waals surface area (Å²) in [6.45, 7) is -1.68. The number of halogens is 5. The standard InChI is InChI=1S/C10H8BrClF3NO3/c1-18-8-6(11)2-5(12)3-7(8)16-9(17)19-4-10(13,14)15/h2-3H,4H2,1H3,(H,16,17). The molecular weight excluding hydrogens is 354 g/mol. The van der Waals surface area contributed by atoms with Crippen LogP contribution in [0, 0.1) is 0 Å². The Bertz CT molecular complexity index is 482. The van der Waals surface area contributed by atoms with E-state index in [1.807, 2.05) is 0 Å². The van der Waals surface area contributed by atoms with Gasteiger partial charge >= 0.3 is 12.3 Å². The molecule has 0 aromatic heterocycles. The molecule has 0 heterocycles. The summed E-state index contributed by atoms with van der Waals surface area (Å²) in [5, 5.41) is 2.38. The van der Waals surface area contributed by atoms with Crippen LogP contribution < -0.4 is 10.1 Å². The first-order valence-electron chi connectivity index (χ1n) is 4.76. The lowest BCUT2D eigenvalue weighted by Gasteiger charge is -2.13. The number of methoxy groups -OCH3 is 1. The smallest absolute Gasteiger partial charge is 0.422 e. The second kappa shape index (κ2) is 6.33. The lowest BCUT2D eigenvalue weighted by molar-refractivity contribution is -0.159. The average Bonchev–Trinajstić information content (AvgIpc) is 2.25. The largest absolute Gasteiger partial charge is 0.493 e. The van der Waals surface area contributed by atoms with E-state index in [9.17, 15) is 18.0 Å². The fourth-order valence-electron chi connectivity index (χ4n) is 1.15. The Hall–Kier alpha value is -1.15. The molecule has 0 saturated carbocycles. The highest BCUT2D eigenvalue weighted by atomic mass is 79.9. The molecule has 19 heavy (non-hydrogen) atoms. The highest BCUT2D eigenvalue weighted by molar-refractivity contribution is 9.10. The van der Waals surface area contributed by atoms with Crippen molar-refractivity contribution in [2.24, 2.45) is 0 Å². The summed E-state index contributed by atoms with van der Waals surface area (Å²) in [5.74, 6) is 0.216. The van der Waals surface area contributed by atoms with Crippen LogP contribution in [0.15, 0.2) is 16.6 Å². The van der Waals surface area contributed by atoms with E-state index in [1.54, 1.807) is 0 Å². The fourth-order valence-corrected chi connectivity index (χ4v) is 2.13. The molecule has 0 fully saturated rings. The minimum atomic E-state index is -4.59. The zero-order chi connectivity index (χ0) is 14.6. The molecule has 1 rings (SSSR count). The van der Waals surface area contributed by atoms with Crippen LogP contribution in [0.2, 0.25) is 5.02 Å². The second-order valence-corrected chi connectivity index (χ2v) is 4.58. The Morgan fingerprint density at radius 1 is 1.47 bits per heavy atom. The molecular formula is C10H8BrClF3NO3. The molecule has 0 atom stereocenters. The number of carbonyl (C=O) groups excluding carboxylic acids is 1. The van der Waals surface area contributed by atoms with Crippen LogP contribution in [0.4, 0.5) is 23.7 Å².